The molecular formula is C29H30ClFN6O. The van der Waals surface area contributed by atoms with E-state index in [1.54, 1.807) is 18.2 Å². The highest BCUT2D eigenvalue weighted by atomic mass is 35.5. The smallest absolute Gasteiger partial charge is 0.228 e. The largest absolute Gasteiger partial charge is 0.508 e. The van der Waals surface area contributed by atoms with E-state index >= 15 is 4.39 Å². The van der Waals surface area contributed by atoms with Crippen LogP contribution in [-0.4, -0.2) is 79.4 Å². The van der Waals surface area contributed by atoms with Crippen molar-refractivity contribution in [2.45, 2.75) is 12.5 Å². The second kappa shape index (κ2) is 8.66. The van der Waals surface area contributed by atoms with Gasteiger partial charge in [0.2, 0.25) is 5.95 Å². The fourth-order valence-electron chi connectivity index (χ4n) is 6.13. The van der Waals surface area contributed by atoms with E-state index in [4.69, 9.17) is 21.6 Å². The van der Waals surface area contributed by atoms with E-state index in [2.05, 4.69) is 34.1 Å². The van der Waals surface area contributed by atoms with Gasteiger partial charge < -0.3 is 25.1 Å². The number of aromatic nitrogens is 2. The van der Waals surface area contributed by atoms with Gasteiger partial charge in [0.1, 0.15) is 17.1 Å². The van der Waals surface area contributed by atoms with Gasteiger partial charge in [0.15, 0.2) is 5.82 Å². The Balaban J connectivity index is 1.42. The molecule has 0 saturated carbocycles. The van der Waals surface area contributed by atoms with Crippen LogP contribution in [0.3, 0.4) is 0 Å². The van der Waals surface area contributed by atoms with Gasteiger partial charge in [0.25, 0.3) is 0 Å². The number of hydrogen-bond donors (Lipinski definition) is 2. The molecule has 0 unspecified atom stereocenters. The molecule has 0 radical (unpaired) electrons. The Morgan fingerprint density at radius 1 is 1.08 bits per heavy atom. The molecule has 1 spiro atoms. The van der Waals surface area contributed by atoms with Gasteiger partial charge >= 0.3 is 0 Å². The van der Waals surface area contributed by atoms with E-state index in [1.807, 2.05) is 24.3 Å². The summed E-state index contributed by atoms with van der Waals surface area (Å²) in [6.07, 6.45) is 1.08. The van der Waals surface area contributed by atoms with E-state index in [0.29, 0.717) is 22.9 Å². The van der Waals surface area contributed by atoms with Crippen LogP contribution in [0.15, 0.2) is 42.5 Å². The van der Waals surface area contributed by atoms with E-state index in [0.717, 1.165) is 62.3 Å². The quantitative estimate of drug-likeness (QED) is 0.401. The first-order valence-corrected chi connectivity index (χ1v) is 13.5. The fourth-order valence-corrected chi connectivity index (χ4v) is 6.42. The molecule has 1 aromatic heterocycles. The molecule has 3 aliphatic rings. The van der Waals surface area contributed by atoms with Crippen molar-refractivity contribution in [3.05, 3.63) is 53.3 Å². The molecule has 3 fully saturated rings. The van der Waals surface area contributed by atoms with Crippen LogP contribution < -0.4 is 15.1 Å². The summed E-state index contributed by atoms with van der Waals surface area (Å²) in [5, 5.41) is 16.4. The number of phenolic OH excluding ortho intramolecular Hbond substituents is 1. The topological polar surface area (TPSA) is 67.8 Å². The molecule has 4 heterocycles. The van der Waals surface area contributed by atoms with E-state index in [9.17, 15) is 5.11 Å². The molecule has 7 nitrogen and oxygen atoms in total. The zero-order valence-corrected chi connectivity index (χ0v) is 22.3. The number of phenols is 1. The van der Waals surface area contributed by atoms with E-state index < -0.39 is 5.82 Å². The van der Waals surface area contributed by atoms with Gasteiger partial charge in [0, 0.05) is 61.7 Å². The second-order valence-electron chi connectivity index (χ2n) is 11.3. The number of benzene rings is 3. The lowest BCUT2D eigenvalue weighted by atomic mass is 9.81. The lowest BCUT2D eigenvalue weighted by Gasteiger charge is -2.43. The van der Waals surface area contributed by atoms with Gasteiger partial charge in [0.05, 0.1) is 5.02 Å². The third-order valence-electron chi connectivity index (χ3n) is 8.58. The van der Waals surface area contributed by atoms with Crippen molar-refractivity contribution < 1.29 is 9.50 Å². The van der Waals surface area contributed by atoms with Crippen LogP contribution in [0.25, 0.3) is 32.8 Å². The minimum atomic E-state index is -0.489. The maximum atomic E-state index is 16.6. The molecule has 196 valence electrons. The van der Waals surface area contributed by atoms with Crippen molar-refractivity contribution in [2.75, 3.05) is 63.2 Å². The summed E-state index contributed by atoms with van der Waals surface area (Å²) in [5.41, 5.74) is 1.31. The van der Waals surface area contributed by atoms with Crippen LogP contribution in [0.2, 0.25) is 5.02 Å². The molecule has 0 bridgehead atoms. The van der Waals surface area contributed by atoms with Crippen molar-refractivity contribution in [1.82, 2.24) is 20.2 Å². The predicted octanol–water partition coefficient (Wildman–Crippen LogP) is 4.50. The summed E-state index contributed by atoms with van der Waals surface area (Å²) < 4.78 is 16.6. The minimum Gasteiger partial charge on any atom is -0.508 e. The minimum absolute atomic E-state index is 0.0603. The zero-order chi connectivity index (χ0) is 26.2. The van der Waals surface area contributed by atoms with Gasteiger partial charge in [-0.2, -0.15) is 4.98 Å². The first-order chi connectivity index (χ1) is 18.3. The first-order valence-electron chi connectivity index (χ1n) is 13.1. The van der Waals surface area contributed by atoms with Gasteiger partial charge in [-0.15, -0.1) is 0 Å². The van der Waals surface area contributed by atoms with Gasteiger partial charge in [-0.3, -0.25) is 0 Å². The van der Waals surface area contributed by atoms with Crippen molar-refractivity contribution in [2.24, 2.45) is 5.41 Å². The Labute approximate surface area is 225 Å². The summed E-state index contributed by atoms with van der Waals surface area (Å²) in [6.45, 7) is 5.34. The second-order valence-corrected chi connectivity index (χ2v) is 11.7. The number of rotatable bonds is 4. The average Bonchev–Trinajstić information content (AvgIpc) is 3.29. The zero-order valence-electron chi connectivity index (χ0n) is 21.5. The fraction of sp³-hybridized carbons (Fsp3) is 0.379. The monoisotopic (exact) mass is 532 g/mol. The summed E-state index contributed by atoms with van der Waals surface area (Å²) >= 11 is 6.84. The van der Waals surface area contributed by atoms with Crippen LogP contribution >= 0.6 is 11.6 Å². The first kappa shape index (κ1) is 23.9. The number of nitrogens with zero attached hydrogens (tertiary/aromatic N) is 5. The Morgan fingerprint density at radius 3 is 2.58 bits per heavy atom. The average molecular weight is 533 g/mol. The summed E-state index contributed by atoms with van der Waals surface area (Å²) in [7, 11) is 4.14. The van der Waals surface area contributed by atoms with Crippen LogP contribution in [0.1, 0.15) is 6.42 Å². The Bertz CT molecular complexity index is 1580. The number of hydrogen-bond acceptors (Lipinski definition) is 7. The lowest BCUT2D eigenvalue weighted by molar-refractivity contribution is 0.199. The molecule has 9 heteroatoms. The molecule has 38 heavy (non-hydrogen) atoms. The Hall–Kier alpha value is -3.20. The van der Waals surface area contributed by atoms with E-state index in [-0.39, 0.29) is 27.3 Å². The number of nitrogens with one attached hydrogen (secondary N) is 1. The maximum absolute atomic E-state index is 16.6. The summed E-state index contributed by atoms with van der Waals surface area (Å²) in [6, 6.07) is 13.1. The molecule has 4 aromatic rings. The molecule has 0 amide bonds. The van der Waals surface area contributed by atoms with E-state index in [1.165, 1.54) is 0 Å². The number of aromatic hydroxyl groups is 1. The Kier molecular flexibility index (Phi) is 5.44. The highest BCUT2D eigenvalue weighted by Gasteiger charge is 2.44. The number of anilines is 2. The molecule has 0 atom stereocenters. The third kappa shape index (κ3) is 3.69. The third-order valence-corrected chi connectivity index (χ3v) is 8.88. The molecule has 3 saturated heterocycles. The van der Waals surface area contributed by atoms with Crippen LogP contribution in [-0.2, 0) is 0 Å². The van der Waals surface area contributed by atoms with Crippen molar-refractivity contribution in [3.63, 3.8) is 0 Å². The highest BCUT2D eigenvalue weighted by Crippen LogP contribution is 2.44. The van der Waals surface area contributed by atoms with Gasteiger partial charge in [-0.1, -0.05) is 35.9 Å². The summed E-state index contributed by atoms with van der Waals surface area (Å²) in [5.74, 6) is 0.864. The van der Waals surface area contributed by atoms with Crippen LogP contribution in [0, 0.1) is 11.2 Å². The van der Waals surface area contributed by atoms with Crippen molar-refractivity contribution in [3.8, 4) is 16.9 Å². The number of fused-ring (bicyclic) bond motifs is 2. The normalized spacial score (nSPS) is 19.1. The molecule has 3 aromatic carbocycles. The Morgan fingerprint density at radius 2 is 1.87 bits per heavy atom. The number of halogens is 2. The van der Waals surface area contributed by atoms with Gasteiger partial charge in [-0.25, -0.2) is 9.37 Å². The standard InChI is InChI=1S/C29H30ClFN6O/c1-35(2)18-12-37(13-18)28-33-26-22(27(34-28)36-8-7-29(16-36)14-32-15-29)11-23(30)24(25(26)31)21-10-19(38)9-17-5-3-4-6-20(17)21/h3-6,9-11,18,32,38H,7-8,12-16H2,1-2H3. The summed E-state index contributed by atoms with van der Waals surface area (Å²) in [4.78, 5) is 16.4. The van der Waals surface area contributed by atoms with Crippen LogP contribution in [0.5, 0.6) is 5.75 Å². The predicted molar refractivity (Wildman–Crippen MR) is 151 cm³/mol. The maximum Gasteiger partial charge on any atom is 0.228 e. The number of likely N-dealkylation sites (N-methyl/N-ethyl adjacent to an activating group) is 1. The van der Waals surface area contributed by atoms with Gasteiger partial charge in [-0.05, 0) is 55.1 Å². The molecule has 2 N–H and O–H groups in total. The highest BCUT2D eigenvalue weighted by molar-refractivity contribution is 6.35. The molecule has 0 aliphatic carbocycles. The molecule has 7 rings (SSSR count). The molecular weight excluding hydrogens is 503 g/mol. The molecule has 3 aliphatic heterocycles. The lowest BCUT2D eigenvalue weighted by Crippen LogP contribution is -2.58. The van der Waals surface area contributed by atoms with Crippen molar-refractivity contribution >= 4 is 45.0 Å². The SMILES string of the molecule is CN(C)C1CN(c2nc(N3CCC4(CNC4)C3)c3cc(Cl)c(-c4cc(O)cc5ccccc45)c(F)c3n2)C1. The van der Waals surface area contributed by atoms with Crippen molar-refractivity contribution in [1.29, 1.82) is 0 Å². The van der Waals surface area contributed by atoms with Crippen LogP contribution in [0.4, 0.5) is 16.2 Å².